The molecule has 2 unspecified atom stereocenters. The van der Waals surface area contributed by atoms with Gasteiger partial charge in [-0.25, -0.2) is 0 Å². The molecule has 1 aromatic carbocycles. The van der Waals surface area contributed by atoms with Gasteiger partial charge < -0.3 is 15.2 Å². The van der Waals surface area contributed by atoms with Crippen LogP contribution < -0.4 is 10.5 Å². The molecule has 2 aromatic rings. The summed E-state index contributed by atoms with van der Waals surface area (Å²) in [6.45, 7) is 2.44. The summed E-state index contributed by atoms with van der Waals surface area (Å²) in [5.41, 5.74) is 8.09. The third-order valence-corrected chi connectivity index (χ3v) is 3.12. The van der Waals surface area contributed by atoms with E-state index in [9.17, 15) is 0 Å². The van der Waals surface area contributed by atoms with Gasteiger partial charge in [-0.1, -0.05) is 12.1 Å². The third kappa shape index (κ3) is 3.59. The molecule has 0 aliphatic carbocycles. The zero-order valence-electron chi connectivity index (χ0n) is 12.1. The first-order chi connectivity index (χ1) is 9.60. The fourth-order valence-corrected chi connectivity index (χ4v) is 2.05. The Morgan fingerprint density at radius 1 is 1.30 bits per heavy atom. The summed E-state index contributed by atoms with van der Waals surface area (Å²) < 4.78 is 12.8. The highest BCUT2D eigenvalue weighted by molar-refractivity contribution is 5.26. The Hall–Kier alpha value is -1.85. The van der Waals surface area contributed by atoms with Crippen molar-refractivity contribution < 1.29 is 9.47 Å². The lowest BCUT2D eigenvalue weighted by atomic mass is 10.1. The molecule has 0 saturated carbocycles. The Balaban J connectivity index is 2.01. The van der Waals surface area contributed by atoms with Crippen molar-refractivity contribution in [2.75, 3.05) is 7.11 Å². The quantitative estimate of drug-likeness (QED) is 0.876. The van der Waals surface area contributed by atoms with E-state index in [-0.39, 0.29) is 12.1 Å². The third-order valence-electron chi connectivity index (χ3n) is 3.12. The molecule has 0 fully saturated rings. The van der Waals surface area contributed by atoms with Gasteiger partial charge in [-0.3, -0.25) is 4.68 Å². The van der Waals surface area contributed by atoms with Crippen LogP contribution in [-0.2, 0) is 18.4 Å². The Morgan fingerprint density at radius 2 is 2.00 bits per heavy atom. The Kier molecular flexibility index (Phi) is 4.76. The zero-order valence-corrected chi connectivity index (χ0v) is 12.1. The number of hydrogen-bond donors (Lipinski definition) is 1. The number of aryl methyl sites for hydroxylation is 1. The second-order valence-electron chi connectivity index (χ2n) is 4.89. The van der Waals surface area contributed by atoms with E-state index in [4.69, 9.17) is 15.2 Å². The molecule has 0 radical (unpaired) electrons. The van der Waals surface area contributed by atoms with Crippen LogP contribution in [0.4, 0.5) is 0 Å². The van der Waals surface area contributed by atoms with Crippen LogP contribution in [0, 0.1) is 0 Å². The molecule has 108 valence electrons. The number of ether oxygens (including phenoxy) is 2. The maximum Gasteiger partial charge on any atom is 0.118 e. The molecule has 20 heavy (non-hydrogen) atoms. The summed E-state index contributed by atoms with van der Waals surface area (Å²) in [4.78, 5) is 0. The number of hydrogen-bond acceptors (Lipinski definition) is 4. The van der Waals surface area contributed by atoms with Crippen molar-refractivity contribution >= 4 is 0 Å². The van der Waals surface area contributed by atoms with E-state index in [1.54, 1.807) is 18.0 Å². The molecule has 0 spiro atoms. The van der Waals surface area contributed by atoms with Crippen LogP contribution in [0.2, 0.25) is 0 Å². The minimum Gasteiger partial charge on any atom is -0.497 e. The second-order valence-corrected chi connectivity index (χ2v) is 4.89. The van der Waals surface area contributed by atoms with E-state index < -0.39 is 0 Å². The first-order valence-electron chi connectivity index (χ1n) is 6.59. The van der Waals surface area contributed by atoms with Gasteiger partial charge in [0.2, 0.25) is 0 Å². The van der Waals surface area contributed by atoms with E-state index in [0.29, 0.717) is 6.61 Å². The van der Waals surface area contributed by atoms with Gasteiger partial charge in [-0.05, 0) is 24.6 Å². The lowest BCUT2D eigenvalue weighted by Gasteiger charge is -2.20. The minimum absolute atomic E-state index is 0.0996. The molecule has 2 rings (SSSR count). The Morgan fingerprint density at radius 3 is 2.50 bits per heavy atom. The average Bonchev–Trinajstić information content (AvgIpc) is 2.86. The highest BCUT2D eigenvalue weighted by Gasteiger charge is 2.18. The van der Waals surface area contributed by atoms with Crippen LogP contribution in [0.3, 0.4) is 0 Å². The van der Waals surface area contributed by atoms with Crippen molar-refractivity contribution in [3.8, 4) is 5.75 Å². The maximum atomic E-state index is 6.01. The van der Waals surface area contributed by atoms with Gasteiger partial charge in [0.1, 0.15) is 11.9 Å². The van der Waals surface area contributed by atoms with Crippen molar-refractivity contribution in [2.45, 2.75) is 25.7 Å². The molecular formula is C15H21N3O2. The van der Waals surface area contributed by atoms with E-state index in [1.807, 2.05) is 44.4 Å². The highest BCUT2D eigenvalue weighted by Crippen LogP contribution is 2.22. The van der Waals surface area contributed by atoms with Gasteiger partial charge in [-0.15, -0.1) is 0 Å². The summed E-state index contributed by atoms with van der Waals surface area (Å²) in [5.74, 6) is 0.838. The first-order valence-corrected chi connectivity index (χ1v) is 6.59. The summed E-state index contributed by atoms with van der Waals surface area (Å²) in [5, 5.41) is 4.16. The van der Waals surface area contributed by atoms with Crippen LogP contribution >= 0.6 is 0 Å². The van der Waals surface area contributed by atoms with Gasteiger partial charge in [0.25, 0.3) is 0 Å². The van der Waals surface area contributed by atoms with Crippen LogP contribution in [-0.4, -0.2) is 22.9 Å². The van der Waals surface area contributed by atoms with Crippen LogP contribution in [0.5, 0.6) is 5.75 Å². The molecule has 0 aliphatic heterocycles. The highest BCUT2D eigenvalue weighted by atomic mass is 16.5. The molecular weight excluding hydrogens is 254 g/mol. The first kappa shape index (κ1) is 14.6. The lowest BCUT2D eigenvalue weighted by Crippen LogP contribution is -2.26. The van der Waals surface area contributed by atoms with Crippen molar-refractivity contribution in [3.63, 3.8) is 0 Å². The fourth-order valence-electron chi connectivity index (χ4n) is 2.05. The molecule has 1 aromatic heterocycles. The molecule has 1 heterocycles. The molecule has 5 nitrogen and oxygen atoms in total. The topological polar surface area (TPSA) is 62.3 Å². The van der Waals surface area contributed by atoms with Crippen molar-refractivity contribution in [1.29, 1.82) is 0 Å². The minimum atomic E-state index is -0.161. The van der Waals surface area contributed by atoms with Crippen molar-refractivity contribution in [3.05, 3.63) is 47.8 Å². The monoisotopic (exact) mass is 275 g/mol. The normalized spacial score (nSPS) is 14.0. The van der Waals surface area contributed by atoms with Gasteiger partial charge in [0.05, 0.1) is 19.9 Å². The molecule has 2 N–H and O–H groups in total. The number of nitrogens with zero attached hydrogens (tertiary/aromatic N) is 2. The molecule has 0 bridgehead atoms. The average molecular weight is 275 g/mol. The number of benzene rings is 1. The maximum absolute atomic E-state index is 6.01. The number of rotatable bonds is 6. The number of aromatic nitrogens is 2. The second kappa shape index (κ2) is 6.54. The summed E-state index contributed by atoms with van der Waals surface area (Å²) in [6, 6.07) is 7.71. The molecule has 2 atom stereocenters. The summed E-state index contributed by atoms with van der Waals surface area (Å²) in [7, 11) is 3.53. The van der Waals surface area contributed by atoms with E-state index >= 15 is 0 Å². The molecule has 5 heteroatoms. The van der Waals surface area contributed by atoms with Crippen LogP contribution in [0.15, 0.2) is 36.7 Å². The number of nitrogens with two attached hydrogens (primary N) is 1. The molecule has 0 amide bonds. The molecule has 0 aliphatic rings. The van der Waals surface area contributed by atoms with E-state index in [0.717, 1.165) is 16.9 Å². The van der Waals surface area contributed by atoms with Gasteiger partial charge in [-0.2, -0.15) is 5.10 Å². The number of methoxy groups -OCH3 is 1. The summed E-state index contributed by atoms with van der Waals surface area (Å²) >= 11 is 0. The predicted molar refractivity (Wildman–Crippen MR) is 77.4 cm³/mol. The van der Waals surface area contributed by atoms with Crippen molar-refractivity contribution in [2.24, 2.45) is 12.8 Å². The smallest absolute Gasteiger partial charge is 0.118 e. The Bertz CT molecular complexity index is 534. The van der Waals surface area contributed by atoms with Gasteiger partial charge >= 0.3 is 0 Å². The van der Waals surface area contributed by atoms with Crippen molar-refractivity contribution in [1.82, 2.24) is 9.78 Å². The van der Waals surface area contributed by atoms with E-state index in [2.05, 4.69) is 5.10 Å². The largest absolute Gasteiger partial charge is 0.497 e. The predicted octanol–water partition coefficient (Wildman–Crippen LogP) is 2.03. The standard InChI is InChI=1S/C15H21N3O2/c1-11(16)15(13-8-17-18(2)9-13)20-10-12-4-6-14(19-3)7-5-12/h4-9,11,15H,10,16H2,1-3H3. The van der Waals surface area contributed by atoms with Gasteiger partial charge in [0.15, 0.2) is 0 Å². The van der Waals surface area contributed by atoms with E-state index in [1.165, 1.54) is 0 Å². The summed E-state index contributed by atoms with van der Waals surface area (Å²) in [6.07, 6.45) is 3.56. The fraction of sp³-hybridized carbons (Fsp3) is 0.400. The molecule has 0 saturated heterocycles. The van der Waals surface area contributed by atoms with Crippen LogP contribution in [0.1, 0.15) is 24.2 Å². The van der Waals surface area contributed by atoms with Gasteiger partial charge in [0, 0.05) is 24.8 Å². The SMILES string of the molecule is COc1ccc(COC(c2cnn(C)c2)C(C)N)cc1. The Labute approximate surface area is 119 Å². The van der Waals surface area contributed by atoms with Crippen LogP contribution in [0.25, 0.3) is 0 Å². The lowest BCUT2D eigenvalue weighted by molar-refractivity contribution is 0.0258. The zero-order chi connectivity index (χ0) is 14.5.